The molecule has 0 saturated carbocycles. The number of para-hydroxylation sites is 1. The Morgan fingerprint density at radius 3 is 2.46 bits per heavy atom. The average molecular weight is 352 g/mol. The van der Waals surface area contributed by atoms with E-state index in [9.17, 15) is 18.0 Å². The third-order valence-corrected chi connectivity index (χ3v) is 6.24. The first-order chi connectivity index (χ1) is 11.2. The van der Waals surface area contributed by atoms with Gasteiger partial charge >= 0.3 is 0 Å². The lowest BCUT2D eigenvalue weighted by Crippen LogP contribution is -2.40. The number of rotatable bonds is 5. The predicted molar refractivity (Wildman–Crippen MR) is 93.7 cm³/mol. The van der Waals surface area contributed by atoms with Crippen molar-refractivity contribution in [1.82, 2.24) is 4.90 Å². The number of aryl methyl sites for hydroxylation is 1. The van der Waals surface area contributed by atoms with E-state index in [0.717, 1.165) is 11.3 Å². The second kappa shape index (κ2) is 7.34. The molecule has 1 saturated heterocycles. The smallest absolute Gasteiger partial charge is 0.224 e. The maximum atomic E-state index is 12.4. The molecule has 1 atom stereocenters. The number of amides is 2. The van der Waals surface area contributed by atoms with Crippen molar-refractivity contribution >= 4 is 27.3 Å². The van der Waals surface area contributed by atoms with Gasteiger partial charge in [-0.25, -0.2) is 8.42 Å². The first-order valence-corrected chi connectivity index (χ1v) is 9.83. The molecule has 1 aliphatic rings. The minimum atomic E-state index is -3.03. The Morgan fingerprint density at radius 1 is 1.25 bits per heavy atom. The van der Waals surface area contributed by atoms with Crippen molar-refractivity contribution in [3.05, 3.63) is 29.8 Å². The summed E-state index contributed by atoms with van der Waals surface area (Å²) in [7, 11) is -1.39. The molecule has 0 spiro atoms. The summed E-state index contributed by atoms with van der Waals surface area (Å²) in [5.41, 5.74) is 1.76. The van der Waals surface area contributed by atoms with Crippen LogP contribution >= 0.6 is 0 Å². The van der Waals surface area contributed by atoms with E-state index in [4.69, 9.17) is 0 Å². The number of hydrogen-bond donors (Lipinski definition) is 0. The highest BCUT2D eigenvalue weighted by Crippen LogP contribution is 2.21. The molecule has 0 radical (unpaired) electrons. The monoisotopic (exact) mass is 352 g/mol. The molecule has 1 aromatic carbocycles. The van der Waals surface area contributed by atoms with Crippen LogP contribution in [0, 0.1) is 6.92 Å². The number of carbonyl (C=O) groups excluding carboxylic acids is 2. The van der Waals surface area contributed by atoms with Crippen molar-refractivity contribution in [3.63, 3.8) is 0 Å². The highest BCUT2D eigenvalue weighted by molar-refractivity contribution is 7.91. The number of sulfone groups is 1. The van der Waals surface area contributed by atoms with Crippen molar-refractivity contribution in [2.24, 2.45) is 0 Å². The molecule has 1 heterocycles. The first-order valence-electron chi connectivity index (χ1n) is 8.01. The van der Waals surface area contributed by atoms with E-state index >= 15 is 0 Å². The summed E-state index contributed by atoms with van der Waals surface area (Å²) in [6.45, 7) is 3.68. The van der Waals surface area contributed by atoms with Crippen LogP contribution in [0.25, 0.3) is 0 Å². The fourth-order valence-electron chi connectivity index (χ4n) is 2.98. The molecule has 2 amide bonds. The molecular formula is C17H24N2O4S. The lowest BCUT2D eigenvalue weighted by Gasteiger charge is -2.26. The van der Waals surface area contributed by atoms with Gasteiger partial charge in [0.05, 0.1) is 11.5 Å². The van der Waals surface area contributed by atoms with Crippen molar-refractivity contribution in [2.45, 2.75) is 32.7 Å². The largest absolute Gasteiger partial charge is 0.342 e. The maximum absolute atomic E-state index is 12.4. The predicted octanol–water partition coefficient (Wildman–Crippen LogP) is 1.38. The van der Waals surface area contributed by atoms with Crippen molar-refractivity contribution in [1.29, 1.82) is 0 Å². The SMILES string of the molecule is CC(=O)N(CCC(=O)N(C)C1CCS(=O)(=O)C1)c1ccccc1C. The number of benzene rings is 1. The van der Waals surface area contributed by atoms with Gasteiger partial charge in [-0.2, -0.15) is 0 Å². The molecule has 6 nitrogen and oxygen atoms in total. The summed E-state index contributed by atoms with van der Waals surface area (Å²) in [6.07, 6.45) is 0.653. The zero-order valence-electron chi connectivity index (χ0n) is 14.4. The number of anilines is 1. The molecule has 0 aliphatic carbocycles. The van der Waals surface area contributed by atoms with Gasteiger partial charge in [0.15, 0.2) is 9.84 Å². The fourth-order valence-corrected chi connectivity index (χ4v) is 4.76. The van der Waals surface area contributed by atoms with E-state index in [1.165, 1.54) is 11.8 Å². The van der Waals surface area contributed by atoms with Gasteiger partial charge in [0.2, 0.25) is 11.8 Å². The summed E-state index contributed by atoms with van der Waals surface area (Å²) in [5.74, 6) is -0.0956. The Hall–Kier alpha value is -1.89. The average Bonchev–Trinajstić information content (AvgIpc) is 2.88. The van der Waals surface area contributed by atoms with Gasteiger partial charge in [-0.15, -0.1) is 0 Å². The molecule has 7 heteroatoms. The lowest BCUT2D eigenvalue weighted by molar-refractivity contribution is -0.131. The van der Waals surface area contributed by atoms with Gasteiger partial charge < -0.3 is 9.80 Å². The van der Waals surface area contributed by atoms with Crippen LogP contribution in [0.15, 0.2) is 24.3 Å². The standard InChI is InChI=1S/C17H24N2O4S/c1-13-6-4-5-7-16(13)19(14(2)20)10-8-17(21)18(3)15-9-11-24(22,23)12-15/h4-7,15H,8-12H2,1-3H3. The lowest BCUT2D eigenvalue weighted by atomic mass is 10.1. The Labute approximate surface area is 143 Å². The van der Waals surface area contributed by atoms with Gasteiger partial charge in [0, 0.05) is 38.7 Å². The summed E-state index contributed by atoms with van der Waals surface area (Å²) in [4.78, 5) is 27.4. The highest BCUT2D eigenvalue weighted by atomic mass is 32.2. The van der Waals surface area contributed by atoms with Crippen LogP contribution in [0.1, 0.15) is 25.3 Å². The third-order valence-electron chi connectivity index (χ3n) is 4.49. The van der Waals surface area contributed by atoms with Crippen LogP contribution in [-0.4, -0.2) is 56.3 Å². The maximum Gasteiger partial charge on any atom is 0.224 e. The zero-order chi connectivity index (χ0) is 17.9. The molecule has 1 aromatic rings. The number of nitrogens with zero attached hydrogens (tertiary/aromatic N) is 2. The van der Waals surface area contributed by atoms with Gasteiger partial charge in [-0.1, -0.05) is 18.2 Å². The molecule has 1 unspecified atom stereocenters. The Bertz CT molecular complexity index is 730. The number of carbonyl (C=O) groups is 2. The molecule has 24 heavy (non-hydrogen) atoms. The van der Waals surface area contributed by atoms with E-state index in [1.54, 1.807) is 11.9 Å². The van der Waals surface area contributed by atoms with Crippen molar-refractivity contribution in [3.8, 4) is 0 Å². The van der Waals surface area contributed by atoms with Gasteiger partial charge in [-0.3, -0.25) is 9.59 Å². The van der Waals surface area contributed by atoms with Crippen LogP contribution in [0.5, 0.6) is 0 Å². The minimum Gasteiger partial charge on any atom is -0.342 e. The normalized spacial score (nSPS) is 19.0. The third kappa shape index (κ3) is 4.35. The molecular weight excluding hydrogens is 328 g/mol. The summed E-state index contributed by atoms with van der Waals surface area (Å²) < 4.78 is 23.1. The quantitative estimate of drug-likeness (QED) is 0.802. The molecule has 1 aliphatic heterocycles. The summed E-state index contributed by atoms with van der Waals surface area (Å²) in [6, 6.07) is 7.27. The van der Waals surface area contributed by atoms with Gasteiger partial charge in [0.25, 0.3) is 0 Å². The summed E-state index contributed by atoms with van der Waals surface area (Å²) >= 11 is 0. The fraction of sp³-hybridized carbons (Fsp3) is 0.529. The minimum absolute atomic E-state index is 0.0312. The van der Waals surface area contributed by atoms with E-state index < -0.39 is 9.84 Å². The van der Waals surface area contributed by atoms with Crippen LogP contribution < -0.4 is 4.90 Å². The Kier molecular flexibility index (Phi) is 5.64. The molecule has 0 N–H and O–H groups in total. The van der Waals surface area contributed by atoms with Gasteiger partial charge in [-0.05, 0) is 25.0 Å². The van der Waals surface area contributed by atoms with Crippen LogP contribution in [0.3, 0.4) is 0 Å². The van der Waals surface area contributed by atoms with E-state index in [-0.39, 0.29) is 42.3 Å². The molecule has 132 valence electrons. The van der Waals surface area contributed by atoms with E-state index in [0.29, 0.717) is 6.42 Å². The van der Waals surface area contributed by atoms with Crippen LogP contribution in [-0.2, 0) is 19.4 Å². The zero-order valence-corrected chi connectivity index (χ0v) is 15.2. The Morgan fingerprint density at radius 2 is 1.92 bits per heavy atom. The van der Waals surface area contributed by atoms with E-state index in [2.05, 4.69) is 0 Å². The van der Waals surface area contributed by atoms with E-state index in [1.807, 2.05) is 31.2 Å². The first kappa shape index (κ1) is 18.4. The van der Waals surface area contributed by atoms with Crippen molar-refractivity contribution in [2.75, 3.05) is 30.0 Å². The molecule has 0 bridgehead atoms. The van der Waals surface area contributed by atoms with Crippen LogP contribution in [0.2, 0.25) is 0 Å². The molecule has 2 rings (SSSR count). The second-order valence-corrected chi connectivity index (χ2v) is 8.50. The second-order valence-electron chi connectivity index (χ2n) is 6.27. The summed E-state index contributed by atoms with van der Waals surface area (Å²) in [5, 5.41) is 0. The molecule has 0 aromatic heterocycles. The number of hydrogen-bond acceptors (Lipinski definition) is 4. The van der Waals surface area contributed by atoms with Crippen molar-refractivity contribution < 1.29 is 18.0 Å². The highest BCUT2D eigenvalue weighted by Gasteiger charge is 2.32. The Balaban J connectivity index is 2.01. The topological polar surface area (TPSA) is 74.8 Å². The molecule has 1 fully saturated rings. The van der Waals surface area contributed by atoms with Gasteiger partial charge in [0.1, 0.15) is 0 Å². The van der Waals surface area contributed by atoms with Crippen LogP contribution in [0.4, 0.5) is 5.69 Å².